The molecule has 1 aliphatic rings. The maximum atomic E-state index is 12.2. The van der Waals surface area contributed by atoms with E-state index in [0.717, 1.165) is 38.9 Å². The highest BCUT2D eigenvalue weighted by Gasteiger charge is 2.13. The predicted octanol–water partition coefficient (Wildman–Crippen LogP) is 2.96. The molecule has 0 bridgehead atoms. The second kappa shape index (κ2) is 8.49. The lowest BCUT2D eigenvalue weighted by Gasteiger charge is -2.26. The molecule has 0 atom stereocenters. The van der Waals surface area contributed by atoms with Crippen LogP contribution in [0.1, 0.15) is 24.8 Å². The first-order chi connectivity index (χ1) is 14.1. The van der Waals surface area contributed by atoms with Gasteiger partial charge in [-0.05, 0) is 55.1 Å². The SMILES string of the molecule is O=c1[nH]c(=O)n(CCCCN2CC=C(c3ccccc3)CC2)c2ccc(O)cc12. The van der Waals surface area contributed by atoms with Crippen molar-refractivity contribution >= 4 is 16.5 Å². The summed E-state index contributed by atoms with van der Waals surface area (Å²) in [5, 5.41) is 9.95. The molecular weight excluding hydrogens is 366 g/mol. The summed E-state index contributed by atoms with van der Waals surface area (Å²) < 4.78 is 1.58. The number of hydrogen-bond donors (Lipinski definition) is 2. The molecule has 0 spiro atoms. The quantitative estimate of drug-likeness (QED) is 0.634. The van der Waals surface area contributed by atoms with Gasteiger partial charge in [0, 0.05) is 19.6 Å². The number of phenols is 1. The van der Waals surface area contributed by atoms with E-state index in [1.165, 1.54) is 23.3 Å². The number of benzene rings is 2. The lowest BCUT2D eigenvalue weighted by molar-refractivity contribution is 0.292. The number of fused-ring (bicyclic) bond motifs is 1. The van der Waals surface area contributed by atoms with Crippen molar-refractivity contribution in [2.75, 3.05) is 19.6 Å². The van der Waals surface area contributed by atoms with Crippen LogP contribution in [0.5, 0.6) is 5.75 Å². The van der Waals surface area contributed by atoms with Gasteiger partial charge in [0.05, 0.1) is 10.9 Å². The maximum Gasteiger partial charge on any atom is 0.328 e. The number of unbranched alkanes of at least 4 members (excludes halogenated alkanes) is 1. The molecule has 1 aliphatic heterocycles. The van der Waals surface area contributed by atoms with E-state index in [0.29, 0.717) is 17.4 Å². The number of aromatic hydroxyl groups is 1. The maximum absolute atomic E-state index is 12.2. The number of hydrogen-bond acceptors (Lipinski definition) is 4. The van der Waals surface area contributed by atoms with Crippen LogP contribution in [-0.2, 0) is 6.54 Å². The van der Waals surface area contributed by atoms with Crippen molar-refractivity contribution in [3.05, 3.63) is 81.0 Å². The molecule has 0 fully saturated rings. The minimum Gasteiger partial charge on any atom is -0.508 e. The van der Waals surface area contributed by atoms with E-state index in [-0.39, 0.29) is 5.75 Å². The predicted molar refractivity (Wildman–Crippen MR) is 115 cm³/mol. The van der Waals surface area contributed by atoms with Crippen molar-refractivity contribution in [3.8, 4) is 5.75 Å². The Hall–Kier alpha value is -3.12. The molecule has 2 N–H and O–H groups in total. The highest BCUT2D eigenvalue weighted by molar-refractivity contribution is 5.79. The Morgan fingerprint density at radius 2 is 1.79 bits per heavy atom. The zero-order valence-electron chi connectivity index (χ0n) is 16.3. The Morgan fingerprint density at radius 1 is 1.00 bits per heavy atom. The summed E-state index contributed by atoms with van der Waals surface area (Å²) in [7, 11) is 0. The van der Waals surface area contributed by atoms with Crippen molar-refractivity contribution in [1.29, 1.82) is 0 Å². The molecule has 0 saturated carbocycles. The molecule has 2 heterocycles. The summed E-state index contributed by atoms with van der Waals surface area (Å²) >= 11 is 0. The van der Waals surface area contributed by atoms with Gasteiger partial charge in [0.2, 0.25) is 0 Å². The van der Waals surface area contributed by atoms with Gasteiger partial charge < -0.3 is 5.11 Å². The van der Waals surface area contributed by atoms with E-state index in [1.807, 2.05) is 6.07 Å². The summed E-state index contributed by atoms with van der Waals surface area (Å²) in [5.74, 6) is 0.0150. The van der Waals surface area contributed by atoms with E-state index in [1.54, 1.807) is 10.6 Å². The third-order valence-corrected chi connectivity index (χ3v) is 5.53. The van der Waals surface area contributed by atoms with Crippen molar-refractivity contribution in [2.45, 2.75) is 25.8 Å². The second-order valence-electron chi connectivity index (χ2n) is 7.47. The monoisotopic (exact) mass is 391 g/mol. The molecule has 6 nitrogen and oxygen atoms in total. The number of aromatic amines is 1. The molecule has 0 saturated heterocycles. The van der Waals surface area contributed by atoms with Crippen LogP contribution < -0.4 is 11.2 Å². The summed E-state index contributed by atoms with van der Waals surface area (Å²) in [4.78, 5) is 29.0. The van der Waals surface area contributed by atoms with Crippen molar-refractivity contribution in [3.63, 3.8) is 0 Å². The van der Waals surface area contributed by atoms with Crippen molar-refractivity contribution in [1.82, 2.24) is 14.5 Å². The molecule has 150 valence electrons. The van der Waals surface area contributed by atoms with Gasteiger partial charge in [0.1, 0.15) is 5.75 Å². The molecular formula is C23H25N3O3. The highest BCUT2D eigenvalue weighted by atomic mass is 16.3. The van der Waals surface area contributed by atoms with Crippen LogP contribution in [0.15, 0.2) is 64.2 Å². The minimum absolute atomic E-state index is 0.0150. The van der Waals surface area contributed by atoms with Crippen molar-refractivity contribution < 1.29 is 5.11 Å². The van der Waals surface area contributed by atoms with Crippen LogP contribution in [0, 0.1) is 0 Å². The molecule has 0 unspecified atom stereocenters. The molecule has 6 heteroatoms. The van der Waals surface area contributed by atoms with Gasteiger partial charge in [-0.15, -0.1) is 0 Å². The molecule has 0 aliphatic carbocycles. The molecule has 0 radical (unpaired) electrons. The Balaban J connectivity index is 1.34. The number of H-pyrrole nitrogens is 1. The summed E-state index contributed by atoms with van der Waals surface area (Å²) in [6.45, 7) is 3.51. The Labute approximate surface area is 168 Å². The fourth-order valence-corrected chi connectivity index (χ4v) is 3.94. The van der Waals surface area contributed by atoms with E-state index in [2.05, 4.69) is 40.2 Å². The van der Waals surface area contributed by atoms with Gasteiger partial charge in [-0.25, -0.2) is 4.79 Å². The normalized spacial score (nSPS) is 14.8. The van der Waals surface area contributed by atoms with Crippen LogP contribution >= 0.6 is 0 Å². The van der Waals surface area contributed by atoms with E-state index >= 15 is 0 Å². The molecule has 4 rings (SSSR count). The van der Waals surface area contributed by atoms with Crippen LogP contribution in [-0.4, -0.2) is 39.2 Å². The van der Waals surface area contributed by atoms with E-state index in [9.17, 15) is 14.7 Å². The van der Waals surface area contributed by atoms with Gasteiger partial charge in [0.25, 0.3) is 5.56 Å². The third kappa shape index (κ3) is 4.32. The van der Waals surface area contributed by atoms with E-state index < -0.39 is 11.2 Å². The lowest BCUT2D eigenvalue weighted by atomic mass is 9.99. The highest BCUT2D eigenvalue weighted by Crippen LogP contribution is 2.22. The number of aryl methyl sites for hydroxylation is 1. The number of rotatable bonds is 6. The summed E-state index contributed by atoms with van der Waals surface area (Å²) in [5.41, 5.74) is 2.41. The van der Waals surface area contributed by atoms with Crippen LogP contribution in [0.3, 0.4) is 0 Å². The van der Waals surface area contributed by atoms with Crippen molar-refractivity contribution in [2.24, 2.45) is 0 Å². The molecule has 2 aromatic carbocycles. The number of phenolic OH excluding ortho intramolecular Hbond substituents is 1. The molecule has 29 heavy (non-hydrogen) atoms. The van der Waals surface area contributed by atoms with E-state index in [4.69, 9.17) is 0 Å². The first-order valence-corrected chi connectivity index (χ1v) is 10.0. The lowest BCUT2D eigenvalue weighted by Crippen LogP contribution is -2.31. The summed E-state index contributed by atoms with van der Waals surface area (Å²) in [6.07, 6.45) is 5.18. The van der Waals surface area contributed by atoms with Gasteiger partial charge >= 0.3 is 5.69 Å². The fourth-order valence-electron chi connectivity index (χ4n) is 3.94. The first kappa shape index (κ1) is 19.2. The zero-order valence-corrected chi connectivity index (χ0v) is 16.3. The Morgan fingerprint density at radius 3 is 2.55 bits per heavy atom. The average molecular weight is 391 g/mol. The van der Waals surface area contributed by atoms with Crippen LogP contribution in [0.4, 0.5) is 0 Å². The molecule has 0 amide bonds. The summed E-state index contributed by atoms with van der Waals surface area (Å²) in [6, 6.07) is 15.0. The largest absolute Gasteiger partial charge is 0.508 e. The van der Waals surface area contributed by atoms with Crippen LogP contribution in [0.2, 0.25) is 0 Å². The molecule has 1 aromatic heterocycles. The average Bonchev–Trinajstić information content (AvgIpc) is 2.74. The van der Waals surface area contributed by atoms with Crippen LogP contribution in [0.25, 0.3) is 16.5 Å². The van der Waals surface area contributed by atoms with Gasteiger partial charge in [-0.3, -0.25) is 19.2 Å². The first-order valence-electron chi connectivity index (χ1n) is 10.0. The number of nitrogens with one attached hydrogen (secondary N) is 1. The Bertz CT molecular complexity index is 1150. The zero-order chi connectivity index (χ0) is 20.2. The number of aromatic nitrogens is 2. The minimum atomic E-state index is -0.466. The van der Waals surface area contributed by atoms with Gasteiger partial charge in [-0.2, -0.15) is 0 Å². The fraction of sp³-hybridized carbons (Fsp3) is 0.304. The second-order valence-corrected chi connectivity index (χ2v) is 7.47. The number of nitrogens with zero attached hydrogens (tertiary/aromatic N) is 2. The standard InChI is InChI=1S/C23H25N3O3/c27-19-8-9-21-20(16-19)22(28)24-23(29)26(21)13-5-4-12-25-14-10-18(11-15-25)17-6-2-1-3-7-17/h1-3,6-10,16,27H,4-5,11-15H2,(H,24,28,29). The topological polar surface area (TPSA) is 78.3 Å². The van der Waals surface area contributed by atoms with Gasteiger partial charge in [0.15, 0.2) is 0 Å². The molecule has 3 aromatic rings. The Kier molecular flexibility index (Phi) is 5.62. The smallest absolute Gasteiger partial charge is 0.328 e. The third-order valence-electron chi connectivity index (χ3n) is 5.53. The van der Waals surface area contributed by atoms with Gasteiger partial charge in [-0.1, -0.05) is 36.4 Å².